The van der Waals surface area contributed by atoms with Gasteiger partial charge in [-0.15, -0.1) is 0 Å². The van der Waals surface area contributed by atoms with Crippen molar-refractivity contribution in [3.05, 3.63) is 47.2 Å². The SMILES string of the molecule is COC(=O)/C=C/Sc1ccccc1S/C=C/C(=O)OC. The number of hydrogen-bond acceptors (Lipinski definition) is 6. The lowest BCUT2D eigenvalue weighted by Gasteiger charge is -2.03. The molecule has 1 aromatic rings. The Morgan fingerprint density at radius 3 is 1.65 bits per heavy atom. The Kier molecular flexibility index (Phi) is 7.60. The molecule has 0 aliphatic heterocycles. The first kappa shape index (κ1) is 16.4. The molecule has 0 N–H and O–H groups in total. The minimum Gasteiger partial charge on any atom is -0.466 e. The van der Waals surface area contributed by atoms with Crippen molar-refractivity contribution in [3.63, 3.8) is 0 Å². The number of carbonyl (C=O) groups excluding carboxylic acids is 2. The molecule has 20 heavy (non-hydrogen) atoms. The summed E-state index contributed by atoms with van der Waals surface area (Å²) in [4.78, 5) is 23.9. The monoisotopic (exact) mass is 310 g/mol. The van der Waals surface area contributed by atoms with Crippen LogP contribution >= 0.6 is 23.5 Å². The van der Waals surface area contributed by atoms with Crippen molar-refractivity contribution in [3.8, 4) is 0 Å². The van der Waals surface area contributed by atoms with Crippen molar-refractivity contribution in [2.75, 3.05) is 14.2 Å². The summed E-state index contributed by atoms with van der Waals surface area (Å²) >= 11 is 2.81. The van der Waals surface area contributed by atoms with E-state index < -0.39 is 11.9 Å². The molecule has 106 valence electrons. The van der Waals surface area contributed by atoms with Crippen LogP contribution in [0.3, 0.4) is 0 Å². The Bertz CT molecular complexity index is 477. The van der Waals surface area contributed by atoms with Crippen LogP contribution in [0.4, 0.5) is 0 Å². The van der Waals surface area contributed by atoms with Crippen LogP contribution in [0.2, 0.25) is 0 Å². The van der Waals surface area contributed by atoms with Gasteiger partial charge in [0.05, 0.1) is 14.2 Å². The van der Waals surface area contributed by atoms with Crippen LogP contribution in [0.1, 0.15) is 0 Å². The summed E-state index contributed by atoms with van der Waals surface area (Å²) in [5.74, 6) is -0.790. The summed E-state index contributed by atoms with van der Waals surface area (Å²) in [5, 5.41) is 3.32. The maximum Gasteiger partial charge on any atom is 0.330 e. The highest BCUT2D eigenvalue weighted by Crippen LogP contribution is 2.31. The number of rotatable bonds is 6. The standard InChI is InChI=1S/C14H14O4S2/c1-17-13(15)7-9-19-11-5-3-4-6-12(11)20-10-8-14(16)18-2/h3-10H,1-2H3/b9-7+,10-8+. The van der Waals surface area contributed by atoms with E-state index in [4.69, 9.17) is 0 Å². The highest BCUT2D eigenvalue weighted by Gasteiger charge is 2.01. The predicted molar refractivity (Wildman–Crippen MR) is 80.5 cm³/mol. The number of methoxy groups -OCH3 is 2. The summed E-state index contributed by atoms with van der Waals surface area (Å²) in [6.45, 7) is 0. The molecule has 0 unspecified atom stereocenters. The second kappa shape index (κ2) is 9.28. The van der Waals surface area contributed by atoms with E-state index >= 15 is 0 Å². The molecule has 0 aromatic heterocycles. The molecule has 0 amide bonds. The third kappa shape index (κ3) is 5.99. The highest BCUT2D eigenvalue weighted by atomic mass is 32.2. The molecule has 4 nitrogen and oxygen atoms in total. The molecule has 0 spiro atoms. The van der Waals surface area contributed by atoms with Crippen molar-refractivity contribution in [1.82, 2.24) is 0 Å². The largest absolute Gasteiger partial charge is 0.466 e. The Hall–Kier alpha value is -1.66. The van der Waals surface area contributed by atoms with Crippen LogP contribution in [0, 0.1) is 0 Å². The van der Waals surface area contributed by atoms with Gasteiger partial charge in [-0.25, -0.2) is 9.59 Å². The quantitative estimate of drug-likeness (QED) is 0.457. The molecule has 0 aliphatic carbocycles. The van der Waals surface area contributed by atoms with Crippen LogP contribution in [-0.2, 0) is 19.1 Å². The van der Waals surface area contributed by atoms with Gasteiger partial charge < -0.3 is 9.47 Å². The summed E-state index contributed by atoms with van der Waals surface area (Å²) in [6.07, 6.45) is 2.72. The number of esters is 2. The van der Waals surface area contributed by atoms with Crippen LogP contribution < -0.4 is 0 Å². The third-order valence-electron chi connectivity index (χ3n) is 2.05. The fourth-order valence-electron chi connectivity index (χ4n) is 1.11. The van der Waals surface area contributed by atoms with Gasteiger partial charge in [0.2, 0.25) is 0 Å². The minimum absolute atomic E-state index is 0.395. The molecule has 0 saturated carbocycles. The second-order valence-electron chi connectivity index (χ2n) is 3.33. The summed E-state index contributed by atoms with van der Waals surface area (Å²) < 4.78 is 9.03. The zero-order valence-electron chi connectivity index (χ0n) is 11.1. The lowest BCUT2D eigenvalue weighted by Crippen LogP contribution is -1.92. The lowest BCUT2D eigenvalue weighted by atomic mass is 10.4. The number of thioether (sulfide) groups is 2. The highest BCUT2D eigenvalue weighted by molar-refractivity contribution is 8.05. The van der Waals surface area contributed by atoms with Gasteiger partial charge in [0.25, 0.3) is 0 Å². The van der Waals surface area contributed by atoms with Gasteiger partial charge in [0.15, 0.2) is 0 Å². The van der Waals surface area contributed by atoms with E-state index in [0.717, 1.165) is 9.79 Å². The van der Waals surface area contributed by atoms with Crippen molar-refractivity contribution in [2.24, 2.45) is 0 Å². The second-order valence-corrected chi connectivity index (χ2v) is 5.23. The van der Waals surface area contributed by atoms with Gasteiger partial charge in [-0.2, -0.15) is 0 Å². The van der Waals surface area contributed by atoms with Crippen molar-refractivity contribution < 1.29 is 19.1 Å². The molecule has 6 heteroatoms. The van der Waals surface area contributed by atoms with E-state index in [1.54, 1.807) is 10.8 Å². The normalized spacial score (nSPS) is 10.9. The molecular formula is C14H14O4S2. The zero-order valence-corrected chi connectivity index (χ0v) is 12.7. The number of carbonyl (C=O) groups is 2. The first-order chi connectivity index (χ1) is 9.67. The van der Waals surface area contributed by atoms with Crippen LogP contribution in [0.25, 0.3) is 0 Å². The molecular weight excluding hydrogens is 296 g/mol. The Morgan fingerprint density at radius 1 is 0.900 bits per heavy atom. The van der Waals surface area contributed by atoms with Gasteiger partial charge in [0, 0.05) is 21.9 Å². The van der Waals surface area contributed by atoms with Crippen LogP contribution in [-0.4, -0.2) is 26.2 Å². The molecule has 1 rings (SSSR count). The summed E-state index contributed by atoms with van der Waals surface area (Å²) in [5.41, 5.74) is 0. The minimum atomic E-state index is -0.395. The molecule has 1 aromatic carbocycles. The van der Waals surface area contributed by atoms with Crippen LogP contribution in [0.5, 0.6) is 0 Å². The topological polar surface area (TPSA) is 52.6 Å². The lowest BCUT2D eigenvalue weighted by molar-refractivity contribution is -0.135. The maximum atomic E-state index is 11.0. The first-order valence-electron chi connectivity index (χ1n) is 5.58. The van der Waals surface area contributed by atoms with Crippen molar-refractivity contribution in [2.45, 2.75) is 9.79 Å². The first-order valence-corrected chi connectivity index (χ1v) is 7.34. The summed E-state index contributed by atoms with van der Waals surface area (Å²) in [7, 11) is 2.66. The average Bonchev–Trinajstić information content (AvgIpc) is 2.48. The molecule has 0 radical (unpaired) electrons. The van der Waals surface area contributed by atoms with E-state index in [1.165, 1.54) is 49.9 Å². The van der Waals surface area contributed by atoms with Crippen molar-refractivity contribution >= 4 is 35.5 Å². The predicted octanol–water partition coefficient (Wildman–Crippen LogP) is 3.24. The van der Waals surface area contributed by atoms with E-state index in [-0.39, 0.29) is 0 Å². The molecule has 0 saturated heterocycles. The average molecular weight is 310 g/mol. The van der Waals surface area contributed by atoms with Crippen LogP contribution in [0.15, 0.2) is 57.0 Å². The molecule has 0 atom stereocenters. The van der Waals surface area contributed by atoms with Gasteiger partial charge >= 0.3 is 11.9 Å². The smallest absolute Gasteiger partial charge is 0.330 e. The number of ether oxygens (including phenoxy) is 2. The fourth-order valence-corrected chi connectivity index (χ4v) is 2.73. The molecule has 0 aliphatic rings. The van der Waals surface area contributed by atoms with Gasteiger partial charge in [-0.1, -0.05) is 35.7 Å². The third-order valence-corrected chi connectivity index (χ3v) is 3.94. The van der Waals surface area contributed by atoms with E-state index in [9.17, 15) is 9.59 Å². The van der Waals surface area contributed by atoms with Crippen molar-refractivity contribution in [1.29, 1.82) is 0 Å². The Balaban J connectivity index is 2.68. The maximum absolute atomic E-state index is 11.0. The number of hydrogen-bond donors (Lipinski definition) is 0. The molecule has 0 bridgehead atoms. The van der Waals surface area contributed by atoms with Gasteiger partial charge in [-0.05, 0) is 22.9 Å². The van der Waals surface area contributed by atoms with Gasteiger partial charge in [-0.3, -0.25) is 0 Å². The number of benzene rings is 1. The van der Waals surface area contributed by atoms with E-state index in [0.29, 0.717) is 0 Å². The Labute approximate surface area is 126 Å². The molecule has 0 fully saturated rings. The van der Waals surface area contributed by atoms with Gasteiger partial charge in [0.1, 0.15) is 0 Å². The zero-order chi connectivity index (χ0) is 14.8. The van der Waals surface area contributed by atoms with E-state index in [2.05, 4.69) is 9.47 Å². The fraction of sp³-hybridized carbons (Fsp3) is 0.143. The summed E-state index contributed by atoms with van der Waals surface area (Å²) in [6, 6.07) is 7.67. The van der Waals surface area contributed by atoms with E-state index in [1.807, 2.05) is 24.3 Å². The Morgan fingerprint density at radius 2 is 1.30 bits per heavy atom. The molecule has 0 heterocycles.